The highest BCUT2D eigenvalue weighted by molar-refractivity contribution is 6.03. The van der Waals surface area contributed by atoms with Gasteiger partial charge in [0, 0.05) is 79.0 Å². The number of para-hydroxylation sites is 2. The minimum Gasteiger partial charge on any atom is -0.365 e. The smallest absolute Gasteiger partial charge is 0.224 e. The van der Waals surface area contributed by atoms with Crippen molar-refractivity contribution in [1.82, 2.24) is 9.47 Å². The first-order valence-corrected chi connectivity index (χ1v) is 23.5. The predicted molar refractivity (Wildman–Crippen MR) is 260 cm³/mol. The topological polar surface area (TPSA) is 52.8 Å². The summed E-state index contributed by atoms with van der Waals surface area (Å²) in [6, 6.07) is 34.8. The summed E-state index contributed by atoms with van der Waals surface area (Å²) in [5.74, 6) is 0.0860. The minimum absolute atomic E-state index is 0.0407. The van der Waals surface area contributed by atoms with E-state index in [-0.39, 0.29) is 22.3 Å². The third kappa shape index (κ3) is 8.50. The van der Waals surface area contributed by atoms with Crippen molar-refractivity contribution in [1.29, 1.82) is 0 Å². The quantitative estimate of drug-likeness (QED) is 0.0648. The molecule has 4 aliphatic heterocycles. The number of hydrogen-bond donors (Lipinski definition) is 1. The van der Waals surface area contributed by atoms with Gasteiger partial charge in [-0.1, -0.05) is 105 Å². The lowest BCUT2D eigenvalue weighted by Crippen LogP contribution is -2.42. The Bertz CT molecular complexity index is 2600. The van der Waals surface area contributed by atoms with Gasteiger partial charge in [-0.3, -0.25) is 4.79 Å². The number of rotatable bonds is 15. The molecule has 1 aromatic heterocycles. The predicted octanol–water partition coefficient (Wildman–Crippen LogP) is 11.9. The molecule has 5 aromatic rings. The van der Waals surface area contributed by atoms with E-state index in [1.54, 1.807) is 0 Å². The minimum atomic E-state index is -0.105. The van der Waals surface area contributed by atoms with Gasteiger partial charge in [0.1, 0.15) is 7.05 Å². The molecule has 4 aromatic carbocycles. The van der Waals surface area contributed by atoms with Crippen LogP contribution in [0.5, 0.6) is 0 Å². The molecule has 0 bridgehead atoms. The van der Waals surface area contributed by atoms with Crippen molar-refractivity contribution in [3.05, 3.63) is 162 Å². The monoisotopic (exact) mass is 841 g/mol. The van der Waals surface area contributed by atoms with E-state index in [4.69, 9.17) is 4.74 Å². The number of amides is 1. The van der Waals surface area contributed by atoms with E-state index >= 15 is 0 Å². The molecule has 1 amide bonds. The molecule has 0 radical (unpaired) electrons. The Morgan fingerprint density at radius 3 is 2.30 bits per heavy atom. The molecule has 0 atom stereocenters. The SMILES string of the molecule is C[N+]1=C(C=CC=CC=C2N(CCCCCC(=O)Nc3ccc4ccn(CCCCN5CCC6(CC5)OCc5ccccc56)c4c3)c3ccccc3C2(C)C)C(C)(C)c2ccccc21. The van der Waals surface area contributed by atoms with Crippen LogP contribution in [0.15, 0.2) is 139 Å². The average Bonchev–Trinajstić information content (AvgIpc) is 3.97. The molecule has 7 nitrogen and oxygen atoms in total. The summed E-state index contributed by atoms with van der Waals surface area (Å²) in [7, 11) is 2.17. The van der Waals surface area contributed by atoms with Gasteiger partial charge >= 0.3 is 0 Å². The van der Waals surface area contributed by atoms with Gasteiger partial charge in [0.25, 0.3) is 0 Å². The lowest BCUT2D eigenvalue weighted by Gasteiger charge is -2.39. The zero-order valence-electron chi connectivity index (χ0n) is 38.2. The van der Waals surface area contributed by atoms with Crippen molar-refractivity contribution in [3.63, 3.8) is 0 Å². The third-order valence-electron chi connectivity index (χ3n) is 14.6. The molecule has 63 heavy (non-hydrogen) atoms. The number of nitrogens with zero attached hydrogens (tertiary/aromatic N) is 4. The van der Waals surface area contributed by atoms with Crippen LogP contribution in [0.2, 0.25) is 0 Å². The van der Waals surface area contributed by atoms with Crippen LogP contribution in [0.1, 0.15) is 101 Å². The highest BCUT2D eigenvalue weighted by atomic mass is 16.5. The van der Waals surface area contributed by atoms with Gasteiger partial charge < -0.3 is 24.4 Å². The zero-order chi connectivity index (χ0) is 43.6. The average molecular weight is 841 g/mol. The Labute approximate surface area is 375 Å². The van der Waals surface area contributed by atoms with Crippen LogP contribution < -0.4 is 10.2 Å². The molecular formula is C56H66N5O2+. The van der Waals surface area contributed by atoms with Crippen molar-refractivity contribution in [2.45, 2.75) is 109 Å². The number of ether oxygens (including phenoxy) is 1. The van der Waals surface area contributed by atoms with Gasteiger partial charge in [-0.25, -0.2) is 0 Å². The number of hydrogen-bond acceptors (Lipinski definition) is 4. The second kappa shape index (κ2) is 17.9. The second-order valence-corrected chi connectivity index (χ2v) is 19.3. The van der Waals surface area contributed by atoms with Crippen LogP contribution >= 0.6 is 0 Å². The number of carbonyl (C=O) groups excluding carboxylic acids is 1. The van der Waals surface area contributed by atoms with Gasteiger partial charge in [-0.2, -0.15) is 4.58 Å². The number of benzene rings is 4. The van der Waals surface area contributed by atoms with Crippen LogP contribution in [0.25, 0.3) is 10.9 Å². The lowest BCUT2D eigenvalue weighted by atomic mass is 9.81. The molecule has 4 aliphatic rings. The van der Waals surface area contributed by atoms with E-state index in [0.29, 0.717) is 6.42 Å². The molecule has 326 valence electrons. The molecular weight excluding hydrogens is 775 g/mol. The Morgan fingerprint density at radius 2 is 1.48 bits per heavy atom. The van der Waals surface area contributed by atoms with Crippen LogP contribution in [-0.2, 0) is 39.1 Å². The summed E-state index contributed by atoms with van der Waals surface area (Å²) < 4.78 is 11.1. The van der Waals surface area contributed by atoms with Gasteiger partial charge in [0.05, 0.1) is 23.1 Å². The molecule has 1 saturated heterocycles. The Balaban J connectivity index is 0.736. The molecule has 1 fully saturated rings. The third-order valence-corrected chi connectivity index (χ3v) is 14.6. The van der Waals surface area contributed by atoms with Gasteiger partial charge in [0.2, 0.25) is 11.6 Å². The summed E-state index contributed by atoms with van der Waals surface area (Å²) in [6.07, 6.45) is 21.1. The number of likely N-dealkylation sites (tertiary alicyclic amines) is 1. The number of aryl methyl sites for hydroxylation is 1. The molecule has 0 aliphatic carbocycles. The molecule has 1 N–H and O–H groups in total. The molecule has 5 heterocycles. The number of unbranched alkanes of at least 4 members (excludes halogenated alkanes) is 3. The fourth-order valence-electron chi connectivity index (χ4n) is 11.0. The van der Waals surface area contributed by atoms with Crippen molar-refractivity contribution in [2.75, 3.05) is 43.4 Å². The van der Waals surface area contributed by atoms with Crippen LogP contribution in [0, 0.1) is 0 Å². The van der Waals surface area contributed by atoms with Crippen molar-refractivity contribution >= 4 is 39.6 Å². The summed E-state index contributed by atoms with van der Waals surface area (Å²) in [5.41, 5.74) is 12.5. The second-order valence-electron chi connectivity index (χ2n) is 19.3. The zero-order valence-corrected chi connectivity index (χ0v) is 38.2. The maximum absolute atomic E-state index is 13.2. The number of aromatic nitrogens is 1. The molecule has 0 saturated carbocycles. The van der Waals surface area contributed by atoms with E-state index in [0.717, 1.165) is 83.5 Å². The summed E-state index contributed by atoms with van der Waals surface area (Å²) >= 11 is 0. The maximum Gasteiger partial charge on any atom is 0.224 e. The van der Waals surface area contributed by atoms with E-state index in [2.05, 4.69) is 187 Å². The van der Waals surface area contributed by atoms with E-state index < -0.39 is 0 Å². The van der Waals surface area contributed by atoms with Crippen molar-refractivity contribution < 1.29 is 14.1 Å². The molecule has 7 heteroatoms. The van der Waals surface area contributed by atoms with Gasteiger partial charge in [-0.15, -0.1) is 0 Å². The lowest BCUT2D eigenvalue weighted by molar-refractivity contribution is -0.401. The largest absolute Gasteiger partial charge is 0.365 e. The summed E-state index contributed by atoms with van der Waals surface area (Å²) in [5, 5.41) is 4.42. The fraction of sp³-hybridized carbons (Fsp3) is 0.393. The van der Waals surface area contributed by atoms with E-state index in [9.17, 15) is 4.79 Å². The number of carbonyl (C=O) groups is 1. The van der Waals surface area contributed by atoms with E-state index in [1.165, 1.54) is 62.4 Å². The van der Waals surface area contributed by atoms with Crippen LogP contribution in [0.4, 0.5) is 17.1 Å². The first-order valence-electron chi connectivity index (χ1n) is 23.5. The van der Waals surface area contributed by atoms with Gasteiger partial charge in [0.15, 0.2) is 5.71 Å². The molecule has 9 rings (SSSR count). The van der Waals surface area contributed by atoms with Crippen LogP contribution in [-0.4, -0.2) is 58.9 Å². The molecule has 1 spiro atoms. The van der Waals surface area contributed by atoms with Gasteiger partial charge in [-0.05, 0) is 111 Å². The number of fused-ring (bicyclic) bond motifs is 5. The fourth-order valence-corrected chi connectivity index (χ4v) is 11.0. The first kappa shape index (κ1) is 42.8. The maximum atomic E-state index is 13.2. The number of nitrogens with one attached hydrogen (secondary N) is 1. The summed E-state index contributed by atoms with van der Waals surface area (Å²) in [6.45, 7) is 15.2. The number of allylic oxidation sites excluding steroid dienone is 6. The Kier molecular flexibility index (Phi) is 12.2. The Hall–Kier alpha value is -5.50. The number of anilines is 2. The first-order chi connectivity index (χ1) is 30.5. The molecule has 0 unspecified atom stereocenters. The van der Waals surface area contributed by atoms with Crippen molar-refractivity contribution in [2.24, 2.45) is 0 Å². The number of piperidine rings is 1. The highest BCUT2D eigenvalue weighted by Gasteiger charge is 2.44. The normalized spacial score (nSPS) is 19.3. The summed E-state index contributed by atoms with van der Waals surface area (Å²) in [4.78, 5) is 18.3. The van der Waals surface area contributed by atoms with Crippen LogP contribution in [0.3, 0.4) is 0 Å². The highest BCUT2D eigenvalue weighted by Crippen LogP contribution is 2.48. The Morgan fingerprint density at radius 1 is 0.746 bits per heavy atom. The standard InChI is InChI=1S/C56H65N5O2/c1-54(2)46-22-13-15-24-48(46)58(5)51(54)26-8-6-9-27-52-55(3,4)47-23-14-16-25-49(47)61(52)36-17-7-10-28-53(62)57-44-30-29-42-31-37-60(50(42)40-44)35-19-18-34-59-38-32-56(33-39-59)45-21-12-11-20-43(45)41-63-56/h6,8-9,11-16,20-27,29-31,37,40H,7,10,17-19,28,32-36,38-39,41H2,1-5H3/p+1. The van der Waals surface area contributed by atoms with Crippen molar-refractivity contribution in [3.8, 4) is 0 Å². The van der Waals surface area contributed by atoms with E-state index in [1.807, 2.05) is 6.07 Å².